The second-order valence-electron chi connectivity index (χ2n) is 8.18. The van der Waals surface area contributed by atoms with Gasteiger partial charge in [-0.05, 0) is 62.5 Å². The zero-order valence-corrected chi connectivity index (χ0v) is 18.0. The number of piperidine rings is 1. The van der Waals surface area contributed by atoms with E-state index in [-0.39, 0.29) is 0 Å². The highest BCUT2D eigenvalue weighted by atomic mass is 16.5. The summed E-state index contributed by atoms with van der Waals surface area (Å²) in [5, 5.41) is 3.36. The van der Waals surface area contributed by atoms with Crippen LogP contribution in [-0.4, -0.2) is 39.2 Å². The van der Waals surface area contributed by atoms with Crippen LogP contribution in [0.15, 0.2) is 58.0 Å². The van der Waals surface area contributed by atoms with Crippen LogP contribution >= 0.6 is 0 Å². The average molecular weight is 431 g/mol. The second-order valence-corrected chi connectivity index (χ2v) is 8.18. The van der Waals surface area contributed by atoms with Crippen molar-refractivity contribution in [1.29, 1.82) is 0 Å². The van der Waals surface area contributed by atoms with Gasteiger partial charge in [0, 0.05) is 11.3 Å². The Balaban J connectivity index is 1.31. The lowest BCUT2D eigenvalue weighted by molar-refractivity contribution is 0.214. The highest BCUT2D eigenvalue weighted by molar-refractivity contribution is 5.68. The summed E-state index contributed by atoms with van der Waals surface area (Å²) in [5.41, 5.74) is 3.67. The van der Waals surface area contributed by atoms with Crippen LogP contribution in [-0.2, 0) is 6.54 Å². The molecular weight excluding hydrogens is 406 g/mol. The van der Waals surface area contributed by atoms with E-state index in [1.807, 2.05) is 37.3 Å². The van der Waals surface area contributed by atoms with Crippen molar-refractivity contribution in [2.45, 2.75) is 26.3 Å². The Kier molecular flexibility index (Phi) is 5.68. The fourth-order valence-electron chi connectivity index (χ4n) is 3.97. The number of pyridine rings is 1. The highest BCUT2D eigenvalue weighted by Gasteiger charge is 2.14. The number of nitrogens with zero attached hydrogens (tertiary/aromatic N) is 4. The third kappa shape index (κ3) is 4.40. The van der Waals surface area contributed by atoms with Gasteiger partial charge in [-0.1, -0.05) is 18.2 Å². The first-order valence-electron chi connectivity index (χ1n) is 10.9. The molecule has 1 aliphatic rings. The molecule has 5 rings (SSSR count). The number of hydrogen-bond donors (Lipinski definition) is 1. The van der Waals surface area contributed by atoms with Gasteiger partial charge < -0.3 is 14.5 Å². The molecule has 8 heteroatoms. The molecule has 8 nitrogen and oxygen atoms in total. The molecule has 164 valence electrons. The van der Waals surface area contributed by atoms with Crippen LogP contribution in [0.25, 0.3) is 22.6 Å². The van der Waals surface area contributed by atoms with Gasteiger partial charge in [-0.3, -0.25) is 4.57 Å². The minimum Gasteiger partial charge on any atom is -0.490 e. The van der Waals surface area contributed by atoms with Gasteiger partial charge in [-0.2, -0.15) is 0 Å². The van der Waals surface area contributed by atoms with E-state index in [9.17, 15) is 4.79 Å². The molecule has 0 saturated carbocycles. The summed E-state index contributed by atoms with van der Waals surface area (Å²) in [4.78, 5) is 25.8. The Labute approximate surface area is 185 Å². The topological polar surface area (TPSA) is 95.1 Å². The number of aromatic nitrogens is 4. The smallest absolute Gasteiger partial charge is 0.421 e. The predicted octanol–water partition coefficient (Wildman–Crippen LogP) is 3.18. The number of fused-ring (bicyclic) bond motifs is 1. The fourth-order valence-corrected chi connectivity index (χ4v) is 3.97. The van der Waals surface area contributed by atoms with E-state index in [0.717, 1.165) is 42.8 Å². The zero-order valence-electron chi connectivity index (χ0n) is 18.0. The predicted molar refractivity (Wildman–Crippen MR) is 121 cm³/mol. The molecule has 0 bridgehead atoms. The van der Waals surface area contributed by atoms with Crippen molar-refractivity contribution in [2.24, 2.45) is 5.92 Å². The van der Waals surface area contributed by atoms with Crippen molar-refractivity contribution in [3.8, 4) is 17.1 Å². The molecule has 0 unspecified atom stereocenters. The van der Waals surface area contributed by atoms with Crippen LogP contribution in [0.1, 0.15) is 24.1 Å². The van der Waals surface area contributed by atoms with Crippen molar-refractivity contribution >= 4 is 11.2 Å². The molecule has 1 aliphatic heterocycles. The summed E-state index contributed by atoms with van der Waals surface area (Å²) in [6, 6.07) is 11.4. The molecule has 4 heterocycles. The molecule has 0 atom stereocenters. The minimum absolute atomic E-state index is 0.355. The lowest BCUT2D eigenvalue weighted by Gasteiger charge is -2.22. The third-order valence-corrected chi connectivity index (χ3v) is 5.75. The highest BCUT2D eigenvalue weighted by Crippen LogP contribution is 2.21. The Morgan fingerprint density at radius 1 is 1.16 bits per heavy atom. The molecule has 32 heavy (non-hydrogen) atoms. The van der Waals surface area contributed by atoms with Crippen LogP contribution in [0, 0.1) is 12.8 Å². The van der Waals surface area contributed by atoms with Gasteiger partial charge in [0.25, 0.3) is 0 Å². The summed E-state index contributed by atoms with van der Waals surface area (Å²) in [6.07, 6.45) is 5.71. The Morgan fingerprint density at radius 2 is 1.97 bits per heavy atom. The molecule has 0 aliphatic carbocycles. The van der Waals surface area contributed by atoms with Crippen molar-refractivity contribution in [2.75, 3.05) is 19.7 Å². The standard InChI is InChI=1S/C24H25N5O3/c1-16-5-6-21-23(28-16)29(24(30)32-21)14-18-3-2-4-19(11-18)22-26-12-20(13-27-22)31-15-17-7-9-25-10-8-17/h2-6,11-13,17,25H,7-10,14-15H2,1H3. The molecule has 3 aromatic heterocycles. The van der Waals surface area contributed by atoms with Crippen LogP contribution in [0.3, 0.4) is 0 Å². The summed E-state index contributed by atoms with van der Waals surface area (Å²) in [7, 11) is 0. The van der Waals surface area contributed by atoms with Crippen molar-refractivity contribution < 1.29 is 9.15 Å². The van der Waals surface area contributed by atoms with Crippen molar-refractivity contribution in [3.63, 3.8) is 0 Å². The Morgan fingerprint density at radius 3 is 2.78 bits per heavy atom. The molecule has 1 saturated heterocycles. The maximum absolute atomic E-state index is 12.3. The zero-order chi connectivity index (χ0) is 21.9. The van der Waals surface area contributed by atoms with Gasteiger partial charge in [0.05, 0.1) is 25.5 Å². The number of rotatable bonds is 6. The fraction of sp³-hybridized carbons (Fsp3) is 0.333. The SMILES string of the molecule is Cc1ccc2oc(=O)n(Cc3cccc(-c4ncc(OCC5CCNCC5)cn4)c3)c2n1. The lowest BCUT2D eigenvalue weighted by Crippen LogP contribution is -2.30. The van der Waals surface area contributed by atoms with Crippen LogP contribution in [0.4, 0.5) is 0 Å². The van der Waals surface area contributed by atoms with Crippen molar-refractivity contribution in [1.82, 2.24) is 24.8 Å². The quantitative estimate of drug-likeness (QED) is 0.501. The molecule has 0 radical (unpaired) electrons. The van der Waals surface area contributed by atoms with Gasteiger partial charge in [-0.25, -0.2) is 19.7 Å². The molecule has 0 spiro atoms. The molecule has 1 fully saturated rings. The lowest BCUT2D eigenvalue weighted by atomic mass is 9.99. The van der Waals surface area contributed by atoms with E-state index in [1.54, 1.807) is 23.0 Å². The number of ether oxygens (including phenoxy) is 1. The molecular formula is C24H25N5O3. The van der Waals surface area contributed by atoms with Gasteiger partial charge in [0.2, 0.25) is 0 Å². The summed E-state index contributed by atoms with van der Waals surface area (Å²) >= 11 is 0. The molecule has 1 aromatic carbocycles. The van der Waals surface area contributed by atoms with E-state index >= 15 is 0 Å². The van der Waals surface area contributed by atoms with E-state index in [1.165, 1.54) is 0 Å². The summed E-state index contributed by atoms with van der Waals surface area (Å²) in [5.74, 6) is 1.45. The summed E-state index contributed by atoms with van der Waals surface area (Å²) in [6.45, 7) is 5.04. The van der Waals surface area contributed by atoms with E-state index in [0.29, 0.717) is 41.9 Å². The van der Waals surface area contributed by atoms with E-state index in [2.05, 4.69) is 20.3 Å². The number of nitrogens with one attached hydrogen (secondary N) is 1. The molecule has 4 aromatic rings. The van der Waals surface area contributed by atoms with Gasteiger partial charge in [-0.15, -0.1) is 0 Å². The van der Waals surface area contributed by atoms with E-state index < -0.39 is 5.76 Å². The average Bonchev–Trinajstić information content (AvgIpc) is 3.13. The van der Waals surface area contributed by atoms with Crippen LogP contribution < -0.4 is 15.8 Å². The van der Waals surface area contributed by atoms with E-state index in [4.69, 9.17) is 9.15 Å². The number of benzene rings is 1. The van der Waals surface area contributed by atoms with Crippen molar-refractivity contribution in [3.05, 3.63) is 70.6 Å². The molecule has 1 N–H and O–H groups in total. The Hall–Kier alpha value is -3.52. The number of oxazole rings is 1. The Bertz CT molecular complexity index is 1270. The first-order valence-corrected chi connectivity index (χ1v) is 10.9. The van der Waals surface area contributed by atoms with Gasteiger partial charge >= 0.3 is 5.76 Å². The van der Waals surface area contributed by atoms with Gasteiger partial charge in [0.15, 0.2) is 22.8 Å². The van der Waals surface area contributed by atoms with Gasteiger partial charge in [0.1, 0.15) is 0 Å². The normalized spacial score (nSPS) is 14.7. The summed E-state index contributed by atoms with van der Waals surface area (Å²) < 4.78 is 12.8. The molecule has 0 amide bonds. The largest absolute Gasteiger partial charge is 0.490 e. The first kappa shape index (κ1) is 20.4. The monoisotopic (exact) mass is 431 g/mol. The number of hydrogen-bond acceptors (Lipinski definition) is 7. The van der Waals surface area contributed by atoms with Crippen LogP contribution in [0.5, 0.6) is 5.75 Å². The maximum atomic E-state index is 12.3. The number of aryl methyl sites for hydroxylation is 1. The first-order chi connectivity index (χ1) is 15.7. The maximum Gasteiger partial charge on any atom is 0.421 e. The van der Waals surface area contributed by atoms with Crippen LogP contribution in [0.2, 0.25) is 0 Å². The third-order valence-electron chi connectivity index (χ3n) is 5.75. The second kappa shape index (κ2) is 8.92. The minimum atomic E-state index is -0.421.